The first kappa shape index (κ1) is 14.6. The number of nitrogens with one attached hydrogen (secondary N) is 2. The van der Waals surface area contributed by atoms with Crippen molar-refractivity contribution >= 4 is 17.3 Å². The van der Waals surface area contributed by atoms with Crippen LogP contribution in [0.2, 0.25) is 0 Å². The maximum absolute atomic E-state index is 9.08. The predicted octanol–water partition coefficient (Wildman–Crippen LogP) is 1.98. The van der Waals surface area contributed by atoms with Crippen molar-refractivity contribution in [2.75, 3.05) is 30.3 Å². The van der Waals surface area contributed by atoms with Gasteiger partial charge in [-0.2, -0.15) is 0 Å². The molecule has 0 fully saturated rings. The molecule has 0 aliphatic carbocycles. The van der Waals surface area contributed by atoms with E-state index in [2.05, 4.69) is 34.4 Å². The number of anilines is 2. The topological polar surface area (TPSA) is 74.5 Å². The second-order valence-electron chi connectivity index (χ2n) is 5.65. The summed E-state index contributed by atoms with van der Waals surface area (Å²) < 4.78 is 1.95. The molecule has 0 bridgehead atoms. The lowest BCUT2D eigenvalue weighted by molar-refractivity contribution is 0.220. The van der Waals surface area contributed by atoms with Gasteiger partial charge in [-0.15, -0.1) is 0 Å². The van der Waals surface area contributed by atoms with Gasteiger partial charge in [0.15, 0.2) is 11.5 Å². The second-order valence-corrected chi connectivity index (χ2v) is 5.65. The minimum absolute atomic E-state index is 0.00814. The highest BCUT2D eigenvalue weighted by Gasteiger charge is 2.18. The summed E-state index contributed by atoms with van der Waals surface area (Å²) in [4.78, 5) is 8.89. The number of fused-ring (bicyclic) bond motifs is 1. The second kappa shape index (κ2) is 6.09. The summed E-state index contributed by atoms with van der Waals surface area (Å²) in [6.45, 7) is 8.02. The molecule has 0 aliphatic rings. The van der Waals surface area contributed by atoms with Crippen LogP contribution in [0.4, 0.5) is 11.6 Å². The van der Waals surface area contributed by atoms with Gasteiger partial charge in [0.1, 0.15) is 5.82 Å². The molecule has 0 unspecified atom stereocenters. The maximum atomic E-state index is 9.08. The number of aliphatic hydroxyl groups excluding tert-OH is 1. The first-order valence-electron chi connectivity index (χ1n) is 6.98. The average Bonchev–Trinajstić information content (AvgIpc) is 2.84. The molecule has 6 heteroatoms. The molecule has 20 heavy (non-hydrogen) atoms. The fourth-order valence-electron chi connectivity index (χ4n) is 2.03. The van der Waals surface area contributed by atoms with Crippen LogP contribution in [-0.4, -0.2) is 39.2 Å². The molecule has 0 aromatic carbocycles. The van der Waals surface area contributed by atoms with Crippen molar-refractivity contribution in [3.05, 3.63) is 18.6 Å². The average molecular weight is 277 g/mol. The van der Waals surface area contributed by atoms with E-state index in [0.29, 0.717) is 0 Å². The van der Waals surface area contributed by atoms with Crippen LogP contribution in [0.15, 0.2) is 18.6 Å². The smallest absolute Gasteiger partial charge is 0.180 e. The summed E-state index contributed by atoms with van der Waals surface area (Å²) in [5.74, 6) is 1.58. The molecule has 0 saturated heterocycles. The van der Waals surface area contributed by atoms with Crippen molar-refractivity contribution in [3.8, 4) is 0 Å². The summed E-state index contributed by atoms with van der Waals surface area (Å²) in [6, 6.07) is 0. The Morgan fingerprint density at radius 3 is 2.85 bits per heavy atom. The molecule has 0 saturated carbocycles. The third-order valence-electron chi connectivity index (χ3n) is 3.25. The largest absolute Gasteiger partial charge is 0.396 e. The van der Waals surface area contributed by atoms with E-state index in [1.807, 2.05) is 23.7 Å². The lowest BCUT2D eigenvalue weighted by atomic mass is 9.90. The van der Waals surface area contributed by atoms with E-state index >= 15 is 0 Å². The fourth-order valence-corrected chi connectivity index (χ4v) is 2.03. The Labute approximate surface area is 119 Å². The van der Waals surface area contributed by atoms with E-state index in [4.69, 9.17) is 5.11 Å². The number of hydrogen-bond donors (Lipinski definition) is 3. The molecule has 2 heterocycles. The molecule has 6 nitrogen and oxygen atoms in total. The van der Waals surface area contributed by atoms with E-state index in [-0.39, 0.29) is 12.0 Å². The Hall–Kier alpha value is -1.82. The summed E-state index contributed by atoms with van der Waals surface area (Å²) in [5, 5.41) is 15.6. The molecular formula is C14H23N5O. The Balaban J connectivity index is 2.21. The van der Waals surface area contributed by atoms with Crippen LogP contribution in [0.25, 0.3) is 5.65 Å². The molecule has 2 aromatic heterocycles. The number of aliphatic hydroxyl groups is 1. The monoisotopic (exact) mass is 277 g/mol. The van der Waals surface area contributed by atoms with Crippen molar-refractivity contribution in [3.63, 3.8) is 0 Å². The minimum atomic E-state index is 0.00814. The van der Waals surface area contributed by atoms with Crippen molar-refractivity contribution < 1.29 is 5.11 Å². The molecule has 2 rings (SSSR count). The third-order valence-corrected chi connectivity index (χ3v) is 3.25. The van der Waals surface area contributed by atoms with Crippen LogP contribution < -0.4 is 10.6 Å². The summed E-state index contributed by atoms with van der Waals surface area (Å²) in [7, 11) is 0. The lowest BCUT2D eigenvalue weighted by Crippen LogP contribution is -2.25. The van der Waals surface area contributed by atoms with Gasteiger partial charge < -0.3 is 20.1 Å². The van der Waals surface area contributed by atoms with Crippen molar-refractivity contribution in [2.45, 2.75) is 27.2 Å². The van der Waals surface area contributed by atoms with Crippen LogP contribution in [-0.2, 0) is 0 Å². The number of nitrogens with zero attached hydrogens (tertiary/aromatic N) is 3. The fraction of sp³-hybridized carbons (Fsp3) is 0.571. The Morgan fingerprint density at radius 1 is 1.35 bits per heavy atom. The van der Waals surface area contributed by atoms with Crippen LogP contribution in [0.3, 0.4) is 0 Å². The Morgan fingerprint density at radius 2 is 2.15 bits per heavy atom. The third kappa shape index (κ3) is 3.39. The molecule has 0 atom stereocenters. The van der Waals surface area contributed by atoms with Gasteiger partial charge in [-0.1, -0.05) is 13.8 Å². The van der Waals surface area contributed by atoms with Gasteiger partial charge in [0, 0.05) is 32.1 Å². The normalized spacial score (nSPS) is 11.8. The number of imidazole rings is 1. The molecule has 0 amide bonds. The zero-order valence-electron chi connectivity index (χ0n) is 12.3. The van der Waals surface area contributed by atoms with E-state index in [9.17, 15) is 0 Å². The van der Waals surface area contributed by atoms with E-state index in [0.717, 1.165) is 36.8 Å². The van der Waals surface area contributed by atoms with Crippen LogP contribution in [0.5, 0.6) is 0 Å². The van der Waals surface area contributed by atoms with Gasteiger partial charge in [0.05, 0.1) is 6.20 Å². The number of rotatable bonds is 7. The van der Waals surface area contributed by atoms with E-state index < -0.39 is 0 Å². The quantitative estimate of drug-likeness (QED) is 0.721. The molecule has 0 spiro atoms. The summed E-state index contributed by atoms with van der Waals surface area (Å²) in [5.41, 5.74) is 0.820. The zero-order chi connectivity index (χ0) is 14.6. The van der Waals surface area contributed by atoms with Crippen LogP contribution in [0.1, 0.15) is 27.2 Å². The molecule has 2 aromatic rings. The minimum Gasteiger partial charge on any atom is -0.396 e. The molecule has 3 N–H and O–H groups in total. The van der Waals surface area contributed by atoms with Gasteiger partial charge in [-0.25, -0.2) is 9.97 Å². The van der Waals surface area contributed by atoms with Crippen LogP contribution in [0, 0.1) is 5.41 Å². The zero-order valence-corrected chi connectivity index (χ0v) is 12.3. The van der Waals surface area contributed by atoms with Crippen molar-refractivity contribution in [1.82, 2.24) is 14.4 Å². The summed E-state index contributed by atoms with van der Waals surface area (Å²) >= 11 is 0. The Bertz CT molecular complexity index is 564. The van der Waals surface area contributed by atoms with Crippen molar-refractivity contribution in [2.24, 2.45) is 5.41 Å². The van der Waals surface area contributed by atoms with Gasteiger partial charge >= 0.3 is 0 Å². The first-order valence-corrected chi connectivity index (χ1v) is 6.98. The molecule has 0 aliphatic heterocycles. The maximum Gasteiger partial charge on any atom is 0.180 e. The van der Waals surface area contributed by atoms with Gasteiger partial charge in [0.25, 0.3) is 0 Å². The Kier molecular flexibility index (Phi) is 4.44. The number of aromatic nitrogens is 3. The van der Waals surface area contributed by atoms with E-state index in [1.54, 1.807) is 6.20 Å². The lowest BCUT2D eigenvalue weighted by Gasteiger charge is -2.24. The molecule has 110 valence electrons. The molecule has 0 radical (unpaired) electrons. The molecular weight excluding hydrogens is 254 g/mol. The van der Waals surface area contributed by atoms with Crippen LogP contribution >= 0.6 is 0 Å². The van der Waals surface area contributed by atoms with E-state index in [1.165, 1.54) is 0 Å². The van der Waals surface area contributed by atoms with Gasteiger partial charge in [-0.05, 0) is 18.8 Å². The SMILES string of the molecule is CCNc1cn2ccnc2c(NCC(C)(C)CCO)n1. The van der Waals surface area contributed by atoms with Gasteiger partial charge in [-0.3, -0.25) is 0 Å². The number of hydrogen-bond acceptors (Lipinski definition) is 5. The highest BCUT2D eigenvalue weighted by molar-refractivity contribution is 5.65. The summed E-state index contributed by atoms with van der Waals surface area (Å²) in [6.07, 6.45) is 6.34. The van der Waals surface area contributed by atoms with Crippen molar-refractivity contribution in [1.29, 1.82) is 0 Å². The standard InChI is InChI=1S/C14H23N5O/c1-4-15-11-9-19-7-6-16-13(19)12(18-11)17-10-14(2,3)5-8-20/h6-7,9,15,20H,4-5,8,10H2,1-3H3,(H,17,18). The predicted molar refractivity (Wildman–Crippen MR) is 81.1 cm³/mol. The van der Waals surface area contributed by atoms with Gasteiger partial charge in [0.2, 0.25) is 0 Å². The first-order chi connectivity index (χ1) is 9.55. The highest BCUT2D eigenvalue weighted by Crippen LogP contribution is 2.22. The highest BCUT2D eigenvalue weighted by atomic mass is 16.3.